The van der Waals surface area contributed by atoms with Crippen LogP contribution in [0.5, 0.6) is 0 Å². The molecule has 0 atom stereocenters. The van der Waals surface area contributed by atoms with E-state index in [2.05, 4.69) is 32.1 Å². The van der Waals surface area contributed by atoms with Crippen molar-refractivity contribution < 1.29 is 14.4 Å². The molecule has 9 heteroatoms. The van der Waals surface area contributed by atoms with Crippen LogP contribution >= 0.6 is 0 Å². The average molecular weight is 278 g/mol. The van der Waals surface area contributed by atoms with E-state index in [1.165, 1.54) is 6.33 Å². The number of piperazine rings is 1. The lowest BCUT2D eigenvalue weighted by molar-refractivity contribution is 0.0691. The van der Waals surface area contributed by atoms with Crippen molar-refractivity contribution in [3.8, 4) is 11.6 Å². The van der Waals surface area contributed by atoms with Gasteiger partial charge in [0.25, 0.3) is 11.8 Å². The van der Waals surface area contributed by atoms with Crippen LogP contribution in [0, 0.1) is 0 Å². The molecule has 106 valence electrons. The molecule has 2 aromatic heterocycles. The number of imidazole rings is 1. The Morgan fingerprint density at radius 1 is 1.40 bits per heavy atom. The predicted molar refractivity (Wildman–Crippen MR) is 68.5 cm³/mol. The molecule has 2 aromatic rings. The van der Waals surface area contributed by atoms with Gasteiger partial charge in [0.05, 0.1) is 6.33 Å². The third-order valence-electron chi connectivity index (χ3n) is 3.26. The van der Waals surface area contributed by atoms with Crippen LogP contribution in [0.1, 0.15) is 10.5 Å². The van der Waals surface area contributed by atoms with Crippen LogP contribution in [0.25, 0.3) is 11.6 Å². The zero-order valence-corrected chi connectivity index (χ0v) is 10.9. The minimum absolute atomic E-state index is 0.126. The number of aromatic nitrogens is 4. The minimum atomic E-state index is -1.14. The first-order valence-electron chi connectivity index (χ1n) is 6.19. The molecule has 2 N–H and O–H groups in total. The van der Waals surface area contributed by atoms with Crippen molar-refractivity contribution in [1.82, 2.24) is 25.0 Å². The molecule has 0 bridgehead atoms. The van der Waals surface area contributed by atoms with Crippen molar-refractivity contribution in [2.24, 2.45) is 0 Å². The van der Waals surface area contributed by atoms with Gasteiger partial charge in [-0.05, 0) is 12.2 Å². The Kier molecular flexibility index (Phi) is 3.11. The molecule has 0 radical (unpaired) electrons. The fraction of sp³-hybridized carbons (Fsp3) is 0.455. The van der Waals surface area contributed by atoms with Gasteiger partial charge < -0.3 is 24.4 Å². The number of carboxylic acid groups (broad SMARTS) is 1. The summed E-state index contributed by atoms with van der Waals surface area (Å²) in [5, 5.41) is 12.9. The summed E-state index contributed by atoms with van der Waals surface area (Å²) in [4.78, 5) is 25.9. The number of hydrogen-bond donors (Lipinski definition) is 2. The van der Waals surface area contributed by atoms with E-state index in [1.54, 1.807) is 0 Å². The summed E-state index contributed by atoms with van der Waals surface area (Å²) in [6, 6.07) is 0. The molecular formula is C11H14N6O3. The van der Waals surface area contributed by atoms with Gasteiger partial charge in [-0.1, -0.05) is 0 Å². The Balaban J connectivity index is 1.83. The maximum Gasteiger partial charge on any atom is 0.356 e. The molecule has 0 amide bonds. The van der Waals surface area contributed by atoms with Crippen molar-refractivity contribution in [3.05, 3.63) is 12.0 Å². The average Bonchev–Trinajstić information content (AvgIpc) is 3.08. The summed E-state index contributed by atoms with van der Waals surface area (Å²) in [6.07, 6.45) is 1.29. The van der Waals surface area contributed by atoms with E-state index in [-0.39, 0.29) is 17.3 Å². The van der Waals surface area contributed by atoms with Crippen molar-refractivity contribution in [2.45, 2.75) is 0 Å². The third-order valence-corrected chi connectivity index (χ3v) is 3.26. The number of carbonyl (C=O) groups is 1. The standard InChI is InChI=1S/C11H14N6O3/c1-16-2-4-17(5-3-16)11-14-9(20-15-11)7-8(10(18)19)13-6-12-7/h6H,2-5H2,1H3,(H,12,13)(H,18,19). The lowest BCUT2D eigenvalue weighted by Crippen LogP contribution is -2.44. The zero-order valence-electron chi connectivity index (χ0n) is 10.9. The largest absolute Gasteiger partial charge is 0.476 e. The highest BCUT2D eigenvalue weighted by molar-refractivity contribution is 5.91. The summed E-state index contributed by atoms with van der Waals surface area (Å²) in [5.74, 6) is -0.534. The SMILES string of the molecule is CN1CCN(c2noc(-c3[nH]cnc3C(=O)O)n2)CC1. The van der Waals surface area contributed by atoms with Gasteiger partial charge in [-0.2, -0.15) is 4.98 Å². The van der Waals surface area contributed by atoms with E-state index < -0.39 is 5.97 Å². The van der Waals surface area contributed by atoms with E-state index in [9.17, 15) is 4.79 Å². The molecule has 0 aromatic carbocycles. The molecule has 0 saturated carbocycles. The van der Waals surface area contributed by atoms with Crippen LogP contribution in [0.15, 0.2) is 10.9 Å². The molecule has 9 nitrogen and oxygen atoms in total. The highest BCUT2D eigenvalue weighted by Gasteiger charge is 2.23. The van der Waals surface area contributed by atoms with Gasteiger partial charge in [0.1, 0.15) is 5.69 Å². The molecule has 1 aliphatic rings. The number of nitrogens with one attached hydrogen (secondary N) is 1. The Hall–Kier alpha value is -2.42. The number of anilines is 1. The molecule has 1 fully saturated rings. The van der Waals surface area contributed by atoms with E-state index >= 15 is 0 Å². The number of nitrogens with zero attached hydrogens (tertiary/aromatic N) is 5. The number of rotatable bonds is 3. The second kappa shape index (κ2) is 4.93. The van der Waals surface area contributed by atoms with E-state index in [0.717, 1.165) is 26.2 Å². The van der Waals surface area contributed by atoms with Crippen LogP contribution in [0.2, 0.25) is 0 Å². The minimum Gasteiger partial charge on any atom is -0.476 e. The van der Waals surface area contributed by atoms with E-state index in [0.29, 0.717) is 5.95 Å². The second-order valence-electron chi connectivity index (χ2n) is 4.62. The van der Waals surface area contributed by atoms with Crippen LogP contribution in [0.3, 0.4) is 0 Å². The second-order valence-corrected chi connectivity index (χ2v) is 4.62. The van der Waals surface area contributed by atoms with Gasteiger partial charge in [-0.15, -0.1) is 0 Å². The first-order valence-corrected chi connectivity index (χ1v) is 6.19. The fourth-order valence-corrected chi connectivity index (χ4v) is 2.07. The zero-order chi connectivity index (χ0) is 14.1. The van der Waals surface area contributed by atoms with Crippen molar-refractivity contribution in [2.75, 3.05) is 38.1 Å². The molecule has 0 spiro atoms. The van der Waals surface area contributed by atoms with Crippen molar-refractivity contribution in [1.29, 1.82) is 0 Å². The first kappa shape index (κ1) is 12.6. The topological polar surface area (TPSA) is 111 Å². The normalized spacial score (nSPS) is 16.6. The van der Waals surface area contributed by atoms with Gasteiger partial charge in [-0.3, -0.25) is 0 Å². The maximum atomic E-state index is 11.0. The number of hydrogen-bond acceptors (Lipinski definition) is 7. The summed E-state index contributed by atoms with van der Waals surface area (Å²) in [5.41, 5.74) is 0.101. The van der Waals surface area contributed by atoms with Gasteiger partial charge in [0.2, 0.25) is 0 Å². The summed E-state index contributed by atoms with van der Waals surface area (Å²) in [7, 11) is 2.06. The lowest BCUT2D eigenvalue weighted by Gasteiger charge is -2.31. The van der Waals surface area contributed by atoms with Crippen LogP contribution in [-0.4, -0.2) is 69.3 Å². The third kappa shape index (κ3) is 2.23. The molecule has 1 aliphatic heterocycles. The van der Waals surface area contributed by atoms with Gasteiger partial charge in [-0.25, -0.2) is 9.78 Å². The number of likely N-dealkylation sites (N-methyl/N-ethyl adjacent to an activating group) is 1. The molecule has 20 heavy (non-hydrogen) atoms. The van der Waals surface area contributed by atoms with Gasteiger partial charge in [0, 0.05) is 26.2 Å². The fourth-order valence-electron chi connectivity index (χ4n) is 2.07. The molecule has 3 heterocycles. The summed E-state index contributed by atoms with van der Waals surface area (Å²) >= 11 is 0. The number of aromatic carboxylic acids is 1. The van der Waals surface area contributed by atoms with Crippen molar-refractivity contribution >= 4 is 11.9 Å². The van der Waals surface area contributed by atoms with Crippen LogP contribution < -0.4 is 4.90 Å². The number of H-pyrrole nitrogens is 1. The summed E-state index contributed by atoms with van der Waals surface area (Å²) in [6.45, 7) is 3.47. The lowest BCUT2D eigenvalue weighted by atomic mass is 10.3. The molecule has 1 saturated heterocycles. The number of carboxylic acids is 1. The number of aromatic amines is 1. The Morgan fingerprint density at radius 3 is 2.85 bits per heavy atom. The first-order chi connectivity index (χ1) is 9.65. The Morgan fingerprint density at radius 2 is 2.15 bits per heavy atom. The molecular weight excluding hydrogens is 264 g/mol. The van der Waals surface area contributed by atoms with E-state index in [1.807, 2.05) is 4.90 Å². The molecule has 0 unspecified atom stereocenters. The quantitative estimate of drug-likeness (QED) is 0.801. The smallest absolute Gasteiger partial charge is 0.356 e. The van der Waals surface area contributed by atoms with Crippen LogP contribution in [0.4, 0.5) is 5.95 Å². The Labute approximate surface area is 114 Å². The Bertz CT molecular complexity index is 613. The molecule has 3 rings (SSSR count). The van der Waals surface area contributed by atoms with Crippen LogP contribution in [-0.2, 0) is 0 Å². The van der Waals surface area contributed by atoms with E-state index in [4.69, 9.17) is 9.63 Å². The highest BCUT2D eigenvalue weighted by Crippen LogP contribution is 2.21. The highest BCUT2D eigenvalue weighted by atomic mass is 16.5. The van der Waals surface area contributed by atoms with Gasteiger partial charge >= 0.3 is 5.97 Å². The van der Waals surface area contributed by atoms with Crippen molar-refractivity contribution in [3.63, 3.8) is 0 Å². The summed E-state index contributed by atoms with van der Waals surface area (Å²) < 4.78 is 5.13. The molecule has 0 aliphatic carbocycles. The maximum absolute atomic E-state index is 11.0. The van der Waals surface area contributed by atoms with Gasteiger partial charge in [0.15, 0.2) is 5.69 Å². The monoisotopic (exact) mass is 278 g/mol. The predicted octanol–water partition coefficient (Wildman–Crippen LogP) is -0.0903.